The Kier molecular flexibility index (Phi) is 5.32. The van der Waals surface area contributed by atoms with E-state index in [-0.39, 0.29) is 5.65 Å². The van der Waals surface area contributed by atoms with Gasteiger partial charge in [0.05, 0.1) is 6.20 Å². The van der Waals surface area contributed by atoms with E-state index in [1.807, 2.05) is 13.0 Å². The van der Waals surface area contributed by atoms with E-state index < -0.39 is 28.2 Å². The molecule has 0 aliphatic rings. The fourth-order valence-electron chi connectivity index (χ4n) is 2.50. The van der Waals surface area contributed by atoms with Crippen molar-refractivity contribution in [2.45, 2.75) is 37.4 Å². The van der Waals surface area contributed by atoms with Crippen LogP contribution in [-0.4, -0.2) is 30.7 Å². The Morgan fingerprint density at radius 2 is 2.00 bits per heavy atom. The first-order chi connectivity index (χ1) is 13.5. The predicted octanol–water partition coefficient (Wildman–Crippen LogP) is 4.25. The first-order valence-electron chi connectivity index (χ1n) is 8.49. The molecular formula is C18H17F3N6OS. The molecule has 0 aliphatic carbocycles. The Balaban J connectivity index is 2.10. The molecule has 3 aromatic rings. The van der Waals surface area contributed by atoms with E-state index in [9.17, 15) is 13.2 Å². The van der Waals surface area contributed by atoms with Crippen molar-refractivity contribution in [2.75, 3.05) is 5.75 Å². The fourth-order valence-corrected chi connectivity index (χ4v) is 3.46. The fraction of sp³-hybridized carbons (Fsp3) is 0.333. The van der Waals surface area contributed by atoms with Crippen LogP contribution < -0.4 is 4.74 Å². The van der Waals surface area contributed by atoms with Crippen molar-refractivity contribution in [3.05, 3.63) is 36.5 Å². The van der Waals surface area contributed by atoms with Gasteiger partial charge >= 0.3 is 6.18 Å². The summed E-state index contributed by atoms with van der Waals surface area (Å²) in [5, 5.41) is 9.14. The molecule has 1 N–H and O–H groups in total. The second-order valence-corrected chi connectivity index (χ2v) is 8.38. The Morgan fingerprint density at radius 3 is 2.62 bits per heavy atom. The first kappa shape index (κ1) is 20.7. The number of imidazole rings is 1. The maximum atomic E-state index is 12.9. The third-order valence-electron chi connectivity index (χ3n) is 3.91. The largest absolute Gasteiger partial charge is 0.471 e. The molecule has 3 heterocycles. The molecule has 0 saturated carbocycles. The van der Waals surface area contributed by atoms with Gasteiger partial charge in [-0.2, -0.15) is 18.4 Å². The molecule has 0 aliphatic heterocycles. The quantitative estimate of drug-likeness (QED) is 0.663. The number of hydrogen-bond donors (Lipinski definition) is 1. The monoisotopic (exact) mass is 422 g/mol. The zero-order valence-electron chi connectivity index (χ0n) is 15.8. The molecule has 0 fully saturated rings. The summed E-state index contributed by atoms with van der Waals surface area (Å²) >= 11 is 0. The number of hydrogen-bond acceptors (Lipinski definition) is 6. The summed E-state index contributed by atoms with van der Waals surface area (Å²) in [6.07, 6.45) is -0.601. The van der Waals surface area contributed by atoms with E-state index in [1.165, 1.54) is 16.8 Å². The normalized spacial score (nSPS) is 13.3. The molecular weight excluding hydrogens is 405 g/mol. The number of halogens is 3. The number of nitrogens with one attached hydrogen (secondary N) is 1. The van der Waals surface area contributed by atoms with Crippen LogP contribution in [0.25, 0.3) is 17.0 Å². The van der Waals surface area contributed by atoms with Crippen molar-refractivity contribution in [3.8, 4) is 23.2 Å². The van der Waals surface area contributed by atoms with Crippen LogP contribution >= 0.6 is 0 Å². The number of rotatable bonds is 5. The van der Waals surface area contributed by atoms with E-state index >= 15 is 0 Å². The summed E-state index contributed by atoms with van der Waals surface area (Å²) in [6.45, 7) is 5.05. The van der Waals surface area contributed by atoms with Crippen LogP contribution in [0.1, 0.15) is 26.5 Å². The molecule has 1 atom stereocenters. The Labute approximate surface area is 167 Å². The predicted molar refractivity (Wildman–Crippen MR) is 100 cm³/mol. The number of aromatic nitrogens is 4. The van der Waals surface area contributed by atoms with Gasteiger partial charge in [-0.15, -0.1) is 0 Å². The minimum atomic E-state index is -4.57. The number of alkyl halides is 3. The van der Waals surface area contributed by atoms with E-state index in [1.54, 1.807) is 19.9 Å². The van der Waals surface area contributed by atoms with Crippen molar-refractivity contribution in [3.63, 3.8) is 0 Å². The maximum absolute atomic E-state index is 12.9. The molecule has 7 nitrogen and oxygen atoms in total. The zero-order valence-corrected chi connectivity index (χ0v) is 16.6. The molecule has 3 rings (SSSR count). The zero-order chi connectivity index (χ0) is 21.4. The highest BCUT2D eigenvalue weighted by atomic mass is 32.2. The molecule has 0 bridgehead atoms. The van der Waals surface area contributed by atoms with Crippen LogP contribution in [0.4, 0.5) is 13.2 Å². The lowest BCUT2D eigenvalue weighted by Crippen LogP contribution is -2.25. The molecule has 152 valence electrons. The smallest absolute Gasteiger partial charge is 0.433 e. The first-order valence-corrected chi connectivity index (χ1v) is 9.88. The summed E-state index contributed by atoms with van der Waals surface area (Å²) in [5.41, 5.74) is -1.33. The van der Waals surface area contributed by atoms with Gasteiger partial charge in [-0.05, 0) is 19.9 Å². The Hall–Kier alpha value is -3.00. The summed E-state index contributed by atoms with van der Waals surface area (Å²) in [7, 11) is -0.953. The van der Waals surface area contributed by atoms with Gasteiger partial charge in [-0.25, -0.2) is 15.0 Å². The third kappa shape index (κ3) is 4.37. The molecule has 11 heteroatoms. The summed E-state index contributed by atoms with van der Waals surface area (Å²) < 4.78 is 54.0. The maximum Gasteiger partial charge on any atom is 0.433 e. The van der Waals surface area contributed by atoms with Gasteiger partial charge < -0.3 is 4.74 Å². The highest BCUT2D eigenvalue weighted by molar-refractivity contribution is 7.86. The van der Waals surface area contributed by atoms with Gasteiger partial charge in [-0.3, -0.25) is 9.18 Å². The molecule has 0 aromatic carbocycles. The van der Waals surface area contributed by atoms with Crippen LogP contribution in [0.3, 0.4) is 0 Å². The number of nitrogens with zero attached hydrogens (tertiary/aromatic N) is 5. The minimum Gasteiger partial charge on any atom is -0.471 e. The molecule has 1 unspecified atom stereocenters. The van der Waals surface area contributed by atoms with Crippen molar-refractivity contribution >= 4 is 16.3 Å². The van der Waals surface area contributed by atoms with E-state index in [4.69, 9.17) is 14.8 Å². The van der Waals surface area contributed by atoms with Gasteiger partial charge in [0.1, 0.15) is 40.9 Å². The summed E-state index contributed by atoms with van der Waals surface area (Å²) in [6, 6.07) is 4.51. The van der Waals surface area contributed by atoms with Crippen LogP contribution in [0, 0.1) is 16.1 Å². The number of fused-ring (bicyclic) bond motifs is 1. The number of ether oxygens (including phenoxy) is 1. The van der Waals surface area contributed by atoms with Crippen LogP contribution in [0.15, 0.2) is 35.7 Å². The highest BCUT2D eigenvalue weighted by Crippen LogP contribution is 2.31. The van der Waals surface area contributed by atoms with Crippen LogP contribution in [-0.2, 0) is 16.9 Å². The number of pyridine rings is 1. The van der Waals surface area contributed by atoms with Gasteiger partial charge in [-0.1, -0.05) is 17.6 Å². The van der Waals surface area contributed by atoms with Crippen molar-refractivity contribution < 1.29 is 17.9 Å². The minimum absolute atomic E-state index is 0.0716. The Bertz CT molecular complexity index is 1130. The van der Waals surface area contributed by atoms with Crippen molar-refractivity contribution in [1.29, 1.82) is 10.0 Å². The van der Waals surface area contributed by atoms with Gasteiger partial charge in [0.2, 0.25) is 0 Å². The van der Waals surface area contributed by atoms with Crippen molar-refractivity contribution in [2.24, 2.45) is 0 Å². The number of nitriles is 1. The molecule has 0 radical (unpaired) electrons. The lowest BCUT2D eigenvalue weighted by molar-refractivity contribution is -0.141. The summed E-state index contributed by atoms with van der Waals surface area (Å²) in [5.74, 6) is 0.839. The van der Waals surface area contributed by atoms with Crippen molar-refractivity contribution in [1.82, 2.24) is 19.4 Å². The second kappa shape index (κ2) is 7.44. The summed E-state index contributed by atoms with van der Waals surface area (Å²) in [4.78, 5) is 12.5. The van der Waals surface area contributed by atoms with E-state index in [2.05, 4.69) is 15.0 Å². The molecule has 29 heavy (non-hydrogen) atoms. The standard InChI is InChI=1S/C18H17F3N6OS/c1-4-29(23)13-5-11(28-17(2,3)9-22)7-24-16(13)12-8-27-10-25-14(18(19,20)21)6-15(27)26-12/h5-8,10,23H,4H2,1-3H3. The topological polar surface area (TPSA) is 99.9 Å². The van der Waals surface area contributed by atoms with E-state index in [0.29, 0.717) is 27.8 Å². The molecule has 3 aromatic heterocycles. The SMILES string of the molecule is CCS(=N)c1cc(OC(C)(C)C#N)cnc1-c1cn2cnc(C(F)(F)F)cc2n1. The van der Waals surface area contributed by atoms with Gasteiger partial charge in [0.25, 0.3) is 0 Å². The average molecular weight is 422 g/mol. The molecule has 0 amide bonds. The second-order valence-electron chi connectivity index (χ2n) is 6.58. The molecule has 0 saturated heterocycles. The van der Waals surface area contributed by atoms with Gasteiger partial charge in [0.15, 0.2) is 5.60 Å². The van der Waals surface area contributed by atoms with Crippen LogP contribution in [0.5, 0.6) is 5.75 Å². The lowest BCUT2D eigenvalue weighted by Gasteiger charge is -2.19. The average Bonchev–Trinajstić information content (AvgIpc) is 3.09. The molecule has 0 spiro atoms. The Morgan fingerprint density at radius 1 is 1.28 bits per heavy atom. The third-order valence-corrected chi connectivity index (χ3v) is 5.32. The highest BCUT2D eigenvalue weighted by Gasteiger charge is 2.33. The lowest BCUT2D eigenvalue weighted by atomic mass is 10.2. The van der Waals surface area contributed by atoms with Gasteiger partial charge in [0, 0.05) is 22.9 Å². The van der Waals surface area contributed by atoms with E-state index in [0.717, 1.165) is 12.4 Å². The van der Waals surface area contributed by atoms with Crippen LogP contribution in [0.2, 0.25) is 0 Å².